The Morgan fingerprint density at radius 1 is 1.24 bits per heavy atom. The predicted octanol–water partition coefficient (Wildman–Crippen LogP) is 4.82. The van der Waals surface area contributed by atoms with Crippen LogP contribution in [0.25, 0.3) is 22.2 Å². The zero-order chi connectivity index (χ0) is 27.3. The number of halogens is 1. The number of hydrogen-bond acceptors (Lipinski definition) is 5. The van der Waals surface area contributed by atoms with Crippen LogP contribution in [0.15, 0.2) is 42.7 Å². The Hall–Kier alpha value is -4.58. The van der Waals surface area contributed by atoms with Gasteiger partial charge in [-0.25, -0.2) is 9.37 Å². The van der Waals surface area contributed by atoms with Crippen molar-refractivity contribution in [1.82, 2.24) is 19.9 Å². The molecule has 2 atom stereocenters. The molecule has 0 fully saturated rings. The number of rotatable bonds is 6. The lowest BCUT2D eigenvalue weighted by molar-refractivity contribution is 0.0959. The molecule has 0 bridgehead atoms. The third kappa shape index (κ3) is 4.08. The Kier molecular flexibility index (Phi) is 6.19. The van der Waals surface area contributed by atoms with Crippen LogP contribution in [0.5, 0.6) is 0 Å². The topological polar surface area (TPSA) is 127 Å². The molecule has 1 aromatic carbocycles. The second-order valence-electron chi connectivity index (χ2n) is 10.1. The minimum atomic E-state index is -0.646. The molecule has 0 radical (unpaired) electrons. The Labute approximate surface area is 219 Å². The van der Waals surface area contributed by atoms with Crippen LogP contribution in [0.3, 0.4) is 0 Å². The van der Waals surface area contributed by atoms with Crippen LogP contribution < -0.4 is 11.1 Å². The number of nitrogens with two attached hydrogens (primary N) is 1. The van der Waals surface area contributed by atoms with E-state index in [4.69, 9.17) is 21.0 Å². The number of pyridine rings is 2. The molecule has 0 aliphatic carbocycles. The molecule has 2 unspecified atom stereocenters. The number of nitrogens with zero attached hydrogens (tertiary/aromatic N) is 4. The SMILES string of the molecule is CC(C)Cc1nc2c(c(-c3cnc4c(ccn4C(C)c4ccc(C#N)c(F)c4)c3)c1C(N)=O)C(=O)NC2C. The van der Waals surface area contributed by atoms with E-state index in [1.54, 1.807) is 12.3 Å². The fourth-order valence-electron chi connectivity index (χ4n) is 5.16. The first-order valence-electron chi connectivity index (χ1n) is 12.4. The summed E-state index contributed by atoms with van der Waals surface area (Å²) >= 11 is 0. The molecule has 4 heterocycles. The van der Waals surface area contributed by atoms with Crippen molar-refractivity contribution in [3.05, 3.63) is 82.2 Å². The van der Waals surface area contributed by atoms with Gasteiger partial charge in [-0.15, -0.1) is 0 Å². The molecule has 0 saturated heterocycles. The lowest BCUT2D eigenvalue weighted by Crippen LogP contribution is -2.20. The van der Waals surface area contributed by atoms with Crippen LogP contribution >= 0.6 is 0 Å². The lowest BCUT2D eigenvalue weighted by Gasteiger charge is -2.18. The van der Waals surface area contributed by atoms with Gasteiger partial charge in [-0.05, 0) is 56.0 Å². The summed E-state index contributed by atoms with van der Waals surface area (Å²) in [6.45, 7) is 7.84. The van der Waals surface area contributed by atoms with Crippen LogP contribution in [0.1, 0.15) is 83.0 Å². The van der Waals surface area contributed by atoms with Crippen molar-refractivity contribution in [2.45, 2.75) is 46.2 Å². The van der Waals surface area contributed by atoms with Gasteiger partial charge in [-0.2, -0.15) is 5.26 Å². The molecular formula is C29H27FN6O2. The zero-order valence-electron chi connectivity index (χ0n) is 21.5. The van der Waals surface area contributed by atoms with E-state index in [0.717, 1.165) is 5.39 Å². The van der Waals surface area contributed by atoms with E-state index < -0.39 is 11.7 Å². The minimum Gasteiger partial charge on any atom is -0.366 e. The van der Waals surface area contributed by atoms with Crippen molar-refractivity contribution >= 4 is 22.8 Å². The third-order valence-corrected chi connectivity index (χ3v) is 6.99. The summed E-state index contributed by atoms with van der Waals surface area (Å²) in [7, 11) is 0. The highest BCUT2D eigenvalue weighted by atomic mass is 19.1. The van der Waals surface area contributed by atoms with E-state index >= 15 is 0 Å². The highest BCUT2D eigenvalue weighted by Gasteiger charge is 2.35. The number of nitriles is 1. The van der Waals surface area contributed by atoms with Crippen molar-refractivity contribution in [3.63, 3.8) is 0 Å². The molecule has 3 N–H and O–H groups in total. The molecule has 9 heteroatoms. The number of nitrogens with one attached hydrogen (secondary N) is 1. The molecule has 192 valence electrons. The number of benzene rings is 1. The van der Waals surface area contributed by atoms with Gasteiger partial charge in [0.1, 0.15) is 17.5 Å². The molecule has 1 aliphatic heterocycles. The van der Waals surface area contributed by atoms with Crippen LogP contribution in [-0.2, 0) is 6.42 Å². The van der Waals surface area contributed by atoms with E-state index in [1.807, 2.05) is 56.7 Å². The molecule has 5 rings (SSSR count). The summed E-state index contributed by atoms with van der Waals surface area (Å²) in [6, 6.07) is 9.59. The maximum atomic E-state index is 14.3. The van der Waals surface area contributed by atoms with Crippen LogP contribution in [0.2, 0.25) is 0 Å². The van der Waals surface area contributed by atoms with E-state index in [0.29, 0.717) is 45.7 Å². The second-order valence-corrected chi connectivity index (χ2v) is 10.1. The van der Waals surface area contributed by atoms with Crippen LogP contribution in [0, 0.1) is 23.1 Å². The van der Waals surface area contributed by atoms with E-state index in [1.165, 1.54) is 12.1 Å². The standard InChI is InChI=1S/C29H27FN6O2/c1-14(2)9-22-24(27(32)37)23(25-26(35-22)15(3)34-29(25)38)20-10-18-7-8-36(28(18)33-13-20)16(4)17-5-6-19(12-31)21(30)11-17/h5-8,10-11,13-16H,9H2,1-4H3,(H2,32,37)(H,34,38). The molecule has 4 aromatic rings. The molecule has 0 saturated carbocycles. The largest absolute Gasteiger partial charge is 0.366 e. The van der Waals surface area contributed by atoms with Crippen molar-refractivity contribution in [2.75, 3.05) is 0 Å². The van der Waals surface area contributed by atoms with Gasteiger partial charge in [-0.3, -0.25) is 14.6 Å². The number of primary amides is 1. The van der Waals surface area contributed by atoms with E-state index in [9.17, 15) is 14.0 Å². The molecule has 0 spiro atoms. The molecule has 8 nitrogen and oxygen atoms in total. The maximum Gasteiger partial charge on any atom is 0.254 e. The molecule has 38 heavy (non-hydrogen) atoms. The van der Waals surface area contributed by atoms with Gasteiger partial charge in [0.2, 0.25) is 0 Å². The lowest BCUT2D eigenvalue weighted by atomic mass is 9.90. The Bertz CT molecular complexity index is 1670. The van der Waals surface area contributed by atoms with Crippen molar-refractivity contribution < 1.29 is 14.0 Å². The number of amides is 2. The third-order valence-electron chi connectivity index (χ3n) is 6.99. The first-order chi connectivity index (χ1) is 18.1. The second kappa shape index (κ2) is 9.38. The van der Waals surface area contributed by atoms with Crippen molar-refractivity contribution in [3.8, 4) is 17.2 Å². The van der Waals surface area contributed by atoms with E-state index in [-0.39, 0.29) is 35.0 Å². The summed E-state index contributed by atoms with van der Waals surface area (Å²) in [5.41, 5.74) is 10.00. The summed E-state index contributed by atoms with van der Waals surface area (Å²) in [6.07, 6.45) is 4.01. The summed E-state index contributed by atoms with van der Waals surface area (Å²) < 4.78 is 16.2. The van der Waals surface area contributed by atoms with Gasteiger partial charge >= 0.3 is 0 Å². The van der Waals surface area contributed by atoms with Crippen molar-refractivity contribution in [2.24, 2.45) is 11.7 Å². The van der Waals surface area contributed by atoms with Gasteiger partial charge in [0.25, 0.3) is 11.8 Å². The molecular weight excluding hydrogens is 483 g/mol. The summed E-state index contributed by atoms with van der Waals surface area (Å²) in [4.78, 5) is 35.1. The monoisotopic (exact) mass is 510 g/mol. The Morgan fingerprint density at radius 2 is 2.00 bits per heavy atom. The summed E-state index contributed by atoms with van der Waals surface area (Å²) in [5, 5.41) is 12.7. The van der Waals surface area contributed by atoms with Crippen LogP contribution in [0.4, 0.5) is 4.39 Å². The number of hydrogen-bond donors (Lipinski definition) is 2. The molecule has 3 aromatic heterocycles. The van der Waals surface area contributed by atoms with Gasteiger partial charge in [0.15, 0.2) is 0 Å². The average Bonchev–Trinajstić information content (AvgIpc) is 3.41. The van der Waals surface area contributed by atoms with Gasteiger partial charge in [0.05, 0.1) is 40.2 Å². The quantitative estimate of drug-likeness (QED) is 0.385. The maximum absolute atomic E-state index is 14.3. The van der Waals surface area contributed by atoms with Gasteiger partial charge in [-0.1, -0.05) is 19.9 Å². The van der Waals surface area contributed by atoms with Crippen molar-refractivity contribution in [1.29, 1.82) is 5.26 Å². The molecule has 2 amide bonds. The van der Waals surface area contributed by atoms with E-state index in [2.05, 4.69) is 5.32 Å². The Morgan fingerprint density at radius 3 is 2.66 bits per heavy atom. The van der Waals surface area contributed by atoms with Gasteiger partial charge in [0, 0.05) is 28.9 Å². The normalized spacial score (nSPS) is 15.4. The predicted molar refractivity (Wildman–Crippen MR) is 141 cm³/mol. The van der Waals surface area contributed by atoms with Crippen LogP contribution in [-0.4, -0.2) is 26.3 Å². The number of aromatic nitrogens is 3. The Balaban J connectivity index is 1.67. The van der Waals surface area contributed by atoms with Gasteiger partial charge < -0.3 is 15.6 Å². The smallest absolute Gasteiger partial charge is 0.254 e. The first kappa shape index (κ1) is 25.1. The zero-order valence-corrected chi connectivity index (χ0v) is 21.5. The summed E-state index contributed by atoms with van der Waals surface area (Å²) in [5.74, 6) is -1.30. The average molecular weight is 511 g/mol. The highest BCUT2D eigenvalue weighted by Crippen LogP contribution is 2.38. The highest BCUT2D eigenvalue weighted by molar-refractivity contribution is 6.11. The first-order valence-corrected chi connectivity index (χ1v) is 12.4. The fourth-order valence-corrected chi connectivity index (χ4v) is 5.16. The fraction of sp³-hybridized carbons (Fsp3) is 0.276. The number of carbonyl (C=O) groups is 2. The minimum absolute atomic E-state index is 0.00795. The number of carbonyl (C=O) groups excluding carboxylic acids is 2. The molecule has 1 aliphatic rings. The number of fused-ring (bicyclic) bond motifs is 2.